The molecule has 46 heavy (non-hydrogen) atoms. The van der Waals surface area contributed by atoms with E-state index in [0.717, 1.165) is 35.5 Å². The van der Waals surface area contributed by atoms with Crippen LogP contribution in [-0.4, -0.2) is 83.9 Å². The van der Waals surface area contributed by atoms with Gasteiger partial charge in [-0.2, -0.15) is 0 Å². The second kappa shape index (κ2) is 12.0. The monoisotopic (exact) mass is 624 g/mol. The molecule has 0 spiro atoms. The van der Waals surface area contributed by atoms with Crippen molar-refractivity contribution in [3.05, 3.63) is 94.0 Å². The molecule has 0 saturated carbocycles. The zero-order valence-electron chi connectivity index (χ0n) is 24.6. The summed E-state index contributed by atoms with van der Waals surface area (Å²) in [5.74, 6) is -2.97. The molecular formula is C34H28N2O10. The first kappa shape index (κ1) is 29.5. The minimum absolute atomic E-state index is 0.0911. The van der Waals surface area contributed by atoms with Gasteiger partial charge in [0.2, 0.25) is 0 Å². The van der Waals surface area contributed by atoms with Crippen molar-refractivity contribution in [2.75, 3.05) is 26.3 Å². The summed E-state index contributed by atoms with van der Waals surface area (Å²) in [7, 11) is 0. The highest BCUT2D eigenvalue weighted by Gasteiger charge is 2.39. The van der Waals surface area contributed by atoms with Gasteiger partial charge in [0.25, 0.3) is 23.6 Å². The van der Waals surface area contributed by atoms with Crippen molar-refractivity contribution in [2.24, 2.45) is 0 Å². The van der Waals surface area contributed by atoms with E-state index in [9.17, 15) is 28.8 Å². The summed E-state index contributed by atoms with van der Waals surface area (Å²) in [6, 6.07) is 14.1. The van der Waals surface area contributed by atoms with Crippen LogP contribution in [0.1, 0.15) is 87.8 Å². The molecule has 0 N–H and O–H groups in total. The molecular weight excluding hydrogens is 596 g/mol. The molecule has 0 bridgehead atoms. The smallest absolute Gasteiger partial charge is 0.343 e. The maximum Gasteiger partial charge on any atom is 0.343 e. The van der Waals surface area contributed by atoms with E-state index in [2.05, 4.69) is 0 Å². The highest BCUT2D eigenvalue weighted by Crippen LogP contribution is 2.29. The molecule has 2 atom stereocenters. The molecule has 4 aliphatic rings. The molecule has 4 amide bonds. The van der Waals surface area contributed by atoms with E-state index in [1.165, 1.54) is 60.7 Å². The lowest BCUT2D eigenvalue weighted by molar-refractivity contribution is 0.0468. The van der Waals surface area contributed by atoms with Crippen LogP contribution in [0.2, 0.25) is 0 Å². The van der Waals surface area contributed by atoms with Crippen LogP contribution < -0.4 is 9.47 Å². The summed E-state index contributed by atoms with van der Waals surface area (Å²) in [6.07, 6.45) is 2.92. The molecule has 12 nitrogen and oxygen atoms in total. The van der Waals surface area contributed by atoms with Crippen LogP contribution in [0.4, 0.5) is 0 Å². The van der Waals surface area contributed by atoms with Crippen molar-refractivity contribution in [3.63, 3.8) is 0 Å². The van der Waals surface area contributed by atoms with Gasteiger partial charge in [0.05, 0.1) is 58.7 Å². The number of ether oxygens (including phenoxy) is 4. The Morgan fingerprint density at radius 3 is 1.35 bits per heavy atom. The number of hydrogen-bond acceptors (Lipinski definition) is 10. The number of esters is 2. The summed E-state index contributed by atoms with van der Waals surface area (Å²) in [5.41, 5.74) is 0.893. The molecule has 3 aromatic carbocycles. The molecule has 0 aromatic heterocycles. The van der Waals surface area contributed by atoms with E-state index in [1.54, 1.807) is 0 Å². The first-order valence-corrected chi connectivity index (χ1v) is 15.0. The predicted molar refractivity (Wildman–Crippen MR) is 158 cm³/mol. The summed E-state index contributed by atoms with van der Waals surface area (Å²) in [5, 5.41) is 0. The standard InChI is InChI=1S/C34H28N2O10/c37-29-25-11-5-19(15-27(25)31(39)35(29)17-23-3-1-13-43-23)33(41)45-21-7-9-22(10-8-21)46-34(42)20-6-12-26-28(16-20)32(40)36(30(26)38)18-24-4-2-14-44-24/h5-12,15-16,23-24H,1-4,13-14,17-18H2. The summed E-state index contributed by atoms with van der Waals surface area (Å²) in [6.45, 7) is 1.54. The third kappa shape index (κ3) is 5.46. The van der Waals surface area contributed by atoms with E-state index in [1.807, 2.05) is 0 Å². The van der Waals surface area contributed by atoms with Crippen molar-refractivity contribution in [2.45, 2.75) is 37.9 Å². The Hall–Kier alpha value is -5.20. The number of imide groups is 2. The summed E-state index contributed by atoms with van der Waals surface area (Å²) in [4.78, 5) is 79.5. The minimum atomic E-state index is -0.740. The fourth-order valence-electron chi connectivity index (χ4n) is 6.06. The topological polar surface area (TPSA) is 146 Å². The van der Waals surface area contributed by atoms with Crippen LogP contribution in [0.5, 0.6) is 11.5 Å². The molecule has 0 aliphatic carbocycles. The highest BCUT2D eigenvalue weighted by atomic mass is 16.5. The fraction of sp³-hybridized carbons (Fsp3) is 0.294. The van der Waals surface area contributed by atoms with Crippen LogP contribution in [-0.2, 0) is 9.47 Å². The third-order valence-corrected chi connectivity index (χ3v) is 8.48. The molecule has 2 unspecified atom stereocenters. The van der Waals surface area contributed by atoms with E-state index >= 15 is 0 Å². The van der Waals surface area contributed by atoms with E-state index < -0.39 is 35.6 Å². The first-order chi connectivity index (χ1) is 22.3. The largest absolute Gasteiger partial charge is 0.423 e. The molecule has 3 aromatic rings. The summed E-state index contributed by atoms with van der Waals surface area (Å²) >= 11 is 0. The molecule has 4 heterocycles. The average molecular weight is 625 g/mol. The molecule has 2 saturated heterocycles. The Labute approximate surface area is 262 Å². The van der Waals surface area contributed by atoms with Crippen LogP contribution in [0.15, 0.2) is 60.7 Å². The molecule has 4 aliphatic heterocycles. The van der Waals surface area contributed by atoms with Crippen molar-refractivity contribution in [3.8, 4) is 11.5 Å². The zero-order valence-corrected chi connectivity index (χ0v) is 24.6. The Morgan fingerprint density at radius 1 is 0.587 bits per heavy atom. The van der Waals surface area contributed by atoms with Gasteiger partial charge in [-0.15, -0.1) is 0 Å². The lowest BCUT2D eigenvalue weighted by Crippen LogP contribution is -2.36. The number of nitrogens with zero attached hydrogens (tertiary/aromatic N) is 2. The van der Waals surface area contributed by atoms with Gasteiger partial charge in [-0.25, -0.2) is 9.59 Å². The number of rotatable bonds is 8. The maximum absolute atomic E-state index is 12.9. The lowest BCUT2D eigenvalue weighted by Gasteiger charge is -2.17. The van der Waals surface area contributed by atoms with E-state index in [-0.39, 0.29) is 70.2 Å². The van der Waals surface area contributed by atoms with Crippen molar-refractivity contribution in [1.29, 1.82) is 0 Å². The van der Waals surface area contributed by atoms with Crippen LogP contribution >= 0.6 is 0 Å². The Morgan fingerprint density at radius 2 is 0.978 bits per heavy atom. The van der Waals surface area contributed by atoms with Gasteiger partial charge in [-0.3, -0.25) is 29.0 Å². The van der Waals surface area contributed by atoms with Crippen molar-refractivity contribution < 1.29 is 47.7 Å². The zero-order chi connectivity index (χ0) is 31.9. The number of benzene rings is 3. The maximum atomic E-state index is 12.9. The lowest BCUT2D eigenvalue weighted by atomic mass is 10.1. The number of amides is 4. The quantitative estimate of drug-likeness (QED) is 0.207. The first-order valence-electron chi connectivity index (χ1n) is 15.0. The second-order valence-corrected chi connectivity index (χ2v) is 11.5. The van der Waals surface area contributed by atoms with E-state index in [4.69, 9.17) is 18.9 Å². The Balaban J connectivity index is 0.973. The molecule has 234 valence electrons. The average Bonchev–Trinajstić information content (AvgIpc) is 3.87. The van der Waals surface area contributed by atoms with Crippen LogP contribution in [0.3, 0.4) is 0 Å². The van der Waals surface area contributed by atoms with Gasteiger partial charge in [0.1, 0.15) is 11.5 Å². The number of fused-ring (bicyclic) bond motifs is 2. The fourth-order valence-corrected chi connectivity index (χ4v) is 6.06. The van der Waals surface area contributed by atoms with E-state index in [0.29, 0.717) is 13.2 Å². The van der Waals surface area contributed by atoms with Gasteiger partial charge in [0, 0.05) is 13.2 Å². The van der Waals surface area contributed by atoms with Gasteiger partial charge in [-0.1, -0.05) is 0 Å². The Bertz CT molecular complexity index is 1660. The van der Waals surface area contributed by atoms with Crippen LogP contribution in [0, 0.1) is 0 Å². The van der Waals surface area contributed by atoms with Gasteiger partial charge >= 0.3 is 11.9 Å². The number of hydrogen-bond donors (Lipinski definition) is 0. The molecule has 0 radical (unpaired) electrons. The molecule has 7 rings (SSSR count). The van der Waals surface area contributed by atoms with Crippen molar-refractivity contribution >= 4 is 35.6 Å². The van der Waals surface area contributed by atoms with Gasteiger partial charge in [0.15, 0.2) is 0 Å². The van der Waals surface area contributed by atoms with Gasteiger partial charge in [-0.05, 0) is 86.3 Å². The van der Waals surface area contributed by atoms with Gasteiger partial charge < -0.3 is 18.9 Å². The van der Waals surface area contributed by atoms with Crippen molar-refractivity contribution in [1.82, 2.24) is 9.80 Å². The number of carbonyl (C=O) groups excluding carboxylic acids is 6. The second-order valence-electron chi connectivity index (χ2n) is 11.5. The third-order valence-electron chi connectivity index (χ3n) is 8.48. The predicted octanol–water partition coefficient (Wildman–Crippen LogP) is 3.68. The number of carbonyl (C=O) groups is 6. The summed E-state index contributed by atoms with van der Waals surface area (Å²) < 4.78 is 22.0. The SMILES string of the molecule is O=C(Oc1ccc(OC(=O)c2ccc3c(c2)C(=O)N(CC2CCCO2)C3=O)cc1)c1ccc2c(c1)C(=O)N(CC1CCCO1)C2=O. The van der Waals surface area contributed by atoms with Crippen LogP contribution in [0.25, 0.3) is 0 Å². The normalized spacial score (nSPS) is 20.3. The minimum Gasteiger partial charge on any atom is -0.423 e. The molecule has 12 heteroatoms. The highest BCUT2D eigenvalue weighted by molar-refractivity contribution is 6.22. The Kier molecular flexibility index (Phi) is 7.67. The molecule has 2 fully saturated rings.